The summed E-state index contributed by atoms with van der Waals surface area (Å²) < 4.78 is 0. The largest absolute Gasteiger partial charge is 0.326 e. The quantitative estimate of drug-likeness (QED) is 0.318. The molecule has 6 heteroatoms. The van der Waals surface area contributed by atoms with Crippen LogP contribution >= 0.6 is 15.9 Å². The molecule has 0 radical (unpaired) electrons. The fourth-order valence-electron chi connectivity index (χ4n) is 2.27. The van der Waals surface area contributed by atoms with Gasteiger partial charge in [0.15, 0.2) is 0 Å². The van der Waals surface area contributed by atoms with Gasteiger partial charge in [-0.25, -0.2) is 5.48 Å². The topological polar surface area (TPSA) is 67.4 Å². The number of alkyl halides is 1. The summed E-state index contributed by atoms with van der Waals surface area (Å²) >= 11 is 3.42. The summed E-state index contributed by atoms with van der Waals surface area (Å²) in [5.74, 6) is -0.0435. The second-order valence-electron chi connectivity index (χ2n) is 5.56. The van der Waals surface area contributed by atoms with Crippen molar-refractivity contribution >= 4 is 33.4 Å². The second kappa shape index (κ2) is 13.0. The molecular weight excluding hydrogens is 372 g/mol. The molecule has 0 aromatic heterocycles. The molecule has 0 atom stereocenters. The minimum absolute atomic E-state index is 0.0417. The molecule has 0 aliphatic rings. The monoisotopic (exact) mass is 398 g/mol. The number of anilines is 1. The van der Waals surface area contributed by atoms with Crippen LogP contribution in [-0.2, 0) is 20.8 Å². The van der Waals surface area contributed by atoms with Gasteiger partial charge in [0, 0.05) is 23.9 Å². The highest BCUT2D eigenvalue weighted by Gasteiger charge is 2.04. The summed E-state index contributed by atoms with van der Waals surface area (Å²) in [7, 11) is 0. The summed E-state index contributed by atoms with van der Waals surface area (Å²) in [6.45, 7) is 2.29. The zero-order chi connectivity index (χ0) is 17.6. The van der Waals surface area contributed by atoms with Crippen molar-refractivity contribution in [3.05, 3.63) is 29.8 Å². The molecule has 1 aromatic rings. The zero-order valence-electron chi connectivity index (χ0n) is 14.3. The van der Waals surface area contributed by atoms with Gasteiger partial charge in [0.05, 0.1) is 6.61 Å². The molecule has 2 N–H and O–H groups in total. The van der Waals surface area contributed by atoms with E-state index in [0.717, 1.165) is 43.1 Å². The Morgan fingerprint density at radius 2 is 1.79 bits per heavy atom. The van der Waals surface area contributed by atoms with E-state index in [4.69, 9.17) is 4.84 Å². The van der Waals surface area contributed by atoms with Crippen LogP contribution in [0.5, 0.6) is 0 Å². The van der Waals surface area contributed by atoms with Crippen LogP contribution in [0.4, 0.5) is 5.69 Å². The molecule has 0 saturated carbocycles. The summed E-state index contributed by atoms with van der Waals surface area (Å²) in [5, 5.41) is 3.85. The Labute approximate surface area is 152 Å². The third-order valence-electron chi connectivity index (χ3n) is 3.48. The van der Waals surface area contributed by atoms with Crippen molar-refractivity contribution in [1.82, 2.24) is 5.48 Å². The van der Waals surface area contributed by atoms with E-state index in [9.17, 15) is 9.59 Å². The van der Waals surface area contributed by atoms with Crippen molar-refractivity contribution in [3.63, 3.8) is 0 Å². The molecule has 24 heavy (non-hydrogen) atoms. The molecule has 0 saturated heterocycles. The number of benzene rings is 1. The van der Waals surface area contributed by atoms with E-state index in [-0.39, 0.29) is 11.8 Å². The van der Waals surface area contributed by atoms with Gasteiger partial charge < -0.3 is 5.32 Å². The summed E-state index contributed by atoms with van der Waals surface area (Å²) in [6, 6.07) is 7.93. The number of carbonyl (C=O) groups excluding carboxylic acids is 2. The lowest BCUT2D eigenvalue weighted by molar-refractivity contribution is -0.133. The first kappa shape index (κ1) is 20.6. The number of aryl methyl sites for hydroxylation is 1. The van der Waals surface area contributed by atoms with Gasteiger partial charge in [0.2, 0.25) is 11.8 Å². The molecular formula is C18H27BrN2O3. The van der Waals surface area contributed by atoms with Crippen LogP contribution in [0.15, 0.2) is 24.3 Å². The summed E-state index contributed by atoms with van der Waals surface area (Å²) in [5.41, 5.74) is 4.43. The van der Waals surface area contributed by atoms with Crippen LogP contribution < -0.4 is 10.8 Å². The van der Waals surface area contributed by atoms with Gasteiger partial charge in [-0.05, 0) is 43.9 Å². The predicted molar refractivity (Wildman–Crippen MR) is 100 cm³/mol. The number of amides is 2. The first-order valence-corrected chi connectivity index (χ1v) is 9.63. The smallest absolute Gasteiger partial charge is 0.243 e. The Balaban J connectivity index is 2.12. The third-order valence-corrected chi connectivity index (χ3v) is 3.88. The van der Waals surface area contributed by atoms with Crippen molar-refractivity contribution in [2.75, 3.05) is 17.3 Å². The molecule has 5 nitrogen and oxygen atoms in total. The average Bonchev–Trinajstić information content (AvgIpc) is 2.56. The molecule has 0 bridgehead atoms. The van der Waals surface area contributed by atoms with Gasteiger partial charge in [-0.2, -0.15) is 0 Å². The van der Waals surface area contributed by atoms with Crippen molar-refractivity contribution in [2.45, 2.75) is 51.9 Å². The van der Waals surface area contributed by atoms with E-state index in [1.54, 1.807) is 0 Å². The highest BCUT2D eigenvalue weighted by atomic mass is 79.9. The molecule has 2 amide bonds. The van der Waals surface area contributed by atoms with E-state index in [1.807, 2.05) is 25.1 Å². The van der Waals surface area contributed by atoms with E-state index >= 15 is 0 Å². The molecule has 0 heterocycles. The van der Waals surface area contributed by atoms with Gasteiger partial charge in [0.25, 0.3) is 0 Å². The fourth-order valence-corrected chi connectivity index (χ4v) is 2.72. The number of hydrogen-bond acceptors (Lipinski definition) is 3. The van der Waals surface area contributed by atoms with Crippen molar-refractivity contribution in [2.24, 2.45) is 0 Å². The van der Waals surface area contributed by atoms with Gasteiger partial charge in [-0.3, -0.25) is 14.4 Å². The fraction of sp³-hybridized carbons (Fsp3) is 0.556. The maximum absolute atomic E-state index is 11.9. The number of unbranched alkanes of at least 4 members (excludes halogenated alkanes) is 3. The molecule has 0 unspecified atom stereocenters. The summed E-state index contributed by atoms with van der Waals surface area (Å²) in [4.78, 5) is 28.1. The Hall–Kier alpha value is -1.40. The standard InChI is InChI=1S/C18H27BrN2O3/c1-2-24-21-18(23)11-6-4-3-5-10-17(22)20-16-9-7-8-15(14-16)12-13-19/h7-9,14H,2-6,10-13H2,1H3,(H,20,22)(H,21,23). The van der Waals surface area contributed by atoms with Crippen molar-refractivity contribution in [3.8, 4) is 0 Å². The highest BCUT2D eigenvalue weighted by Crippen LogP contribution is 2.13. The molecule has 134 valence electrons. The number of nitrogens with one attached hydrogen (secondary N) is 2. The van der Waals surface area contributed by atoms with Gasteiger partial charge >= 0.3 is 0 Å². The van der Waals surface area contributed by atoms with Crippen LogP contribution in [0, 0.1) is 0 Å². The van der Waals surface area contributed by atoms with Gasteiger partial charge in [0.1, 0.15) is 0 Å². The van der Waals surface area contributed by atoms with Gasteiger partial charge in [-0.1, -0.05) is 40.9 Å². The van der Waals surface area contributed by atoms with Crippen LogP contribution in [0.2, 0.25) is 0 Å². The number of hydrogen-bond donors (Lipinski definition) is 2. The number of halogens is 1. The van der Waals surface area contributed by atoms with E-state index < -0.39 is 0 Å². The van der Waals surface area contributed by atoms with E-state index in [0.29, 0.717) is 19.4 Å². The van der Waals surface area contributed by atoms with Gasteiger partial charge in [-0.15, -0.1) is 0 Å². The molecule has 0 aliphatic carbocycles. The lowest BCUT2D eigenvalue weighted by atomic mass is 10.1. The zero-order valence-corrected chi connectivity index (χ0v) is 15.9. The Morgan fingerprint density at radius 3 is 2.46 bits per heavy atom. The predicted octanol–water partition coefficient (Wildman–Crippen LogP) is 3.97. The third kappa shape index (κ3) is 9.67. The highest BCUT2D eigenvalue weighted by molar-refractivity contribution is 9.09. The average molecular weight is 399 g/mol. The summed E-state index contributed by atoms with van der Waals surface area (Å²) in [6.07, 6.45) is 5.45. The van der Waals surface area contributed by atoms with E-state index in [1.165, 1.54) is 5.56 Å². The van der Waals surface area contributed by atoms with E-state index in [2.05, 4.69) is 32.8 Å². The minimum Gasteiger partial charge on any atom is -0.326 e. The number of carbonyl (C=O) groups is 2. The molecule has 1 rings (SSSR count). The lowest BCUT2D eigenvalue weighted by Crippen LogP contribution is -2.23. The van der Waals surface area contributed by atoms with Crippen LogP contribution in [-0.4, -0.2) is 23.8 Å². The second-order valence-corrected chi connectivity index (χ2v) is 6.35. The molecule has 1 aromatic carbocycles. The number of hydroxylamine groups is 1. The van der Waals surface area contributed by atoms with Crippen molar-refractivity contribution in [1.29, 1.82) is 0 Å². The maximum atomic E-state index is 11.9. The van der Waals surface area contributed by atoms with Crippen LogP contribution in [0.3, 0.4) is 0 Å². The lowest BCUT2D eigenvalue weighted by Gasteiger charge is -2.07. The maximum Gasteiger partial charge on any atom is 0.243 e. The normalized spacial score (nSPS) is 10.4. The molecule has 0 aliphatic heterocycles. The Bertz CT molecular complexity index is 509. The molecule has 0 fully saturated rings. The van der Waals surface area contributed by atoms with Crippen LogP contribution in [0.25, 0.3) is 0 Å². The van der Waals surface area contributed by atoms with Crippen LogP contribution in [0.1, 0.15) is 51.0 Å². The SMILES string of the molecule is CCONC(=O)CCCCCCC(=O)Nc1cccc(CCBr)c1. The number of rotatable bonds is 12. The first-order chi connectivity index (χ1) is 11.7. The minimum atomic E-state index is -0.0852. The Kier molecular flexibility index (Phi) is 11.1. The molecule has 0 spiro atoms. The first-order valence-electron chi connectivity index (χ1n) is 8.51. The Morgan fingerprint density at radius 1 is 1.08 bits per heavy atom. The van der Waals surface area contributed by atoms with Crippen molar-refractivity contribution < 1.29 is 14.4 Å².